The Hall–Kier alpha value is -1.81. The molecule has 3 nitrogen and oxygen atoms in total. The lowest BCUT2D eigenvalue weighted by Gasteiger charge is -2.25. The van der Waals surface area contributed by atoms with Gasteiger partial charge in [0.15, 0.2) is 0 Å². The molecule has 0 saturated carbocycles. The molecule has 0 amide bonds. The van der Waals surface area contributed by atoms with Gasteiger partial charge in [-0.2, -0.15) is 0 Å². The van der Waals surface area contributed by atoms with Crippen molar-refractivity contribution in [2.24, 2.45) is 0 Å². The zero-order valence-corrected chi connectivity index (χ0v) is 14.0. The molecule has 0 spiro atoms. The molecule has 3 rings (SSSR count). The molecule has 3 aromatic rings. The standard InChI is InChI=1S/C17H18BrN3/c1-17(2,3)21-15-7-5-4-6-14(15)20-16(21)12-10-11(19)8-9-13(12)18/h4-10H,19H2,1-3H3. The second-order valence-corrected chi connectivity index (χ2v) is 7.02. The van der Waals surface area contributed by atoms with E-state index in [4.69, 9.17) is 10.7 Å². The van der Waals surface area contributed by atoms with E-state index in [0.29, 0.717) is 0 Å². The van der Waals surface area contributed by atoms with Crippen LogP contribution in [-0.2, 0) is 5.54 Å². The summed E-state index contributed by atoms with van der Waals surface area (Å²) in [5, 5.41) is 0. The van der Waals surface area contributed by atoms with Crippen molar-refractivity contribution >= 4 is 32.7 Å². The van der Waals surface area contributed by atoms with Crippen LogP contribution >= 0.6 is 15.9 Å². The lowest BCUT2D eigenvalue weighted by Crippen LogP contribution is -2.22. The first-order valence-electron chi connectivity index (χ1n) is 6.91. The number of aromatic nitrogens is 2. The third-order valence-electron chi connectivity index (χ3n) is 3.46. The highest BCUT2D eigenvalue weighted by molar-refractivity contribution is 9.10. The number of nitrogens with zero attached hydrogens (tertiary/aromatic N) is 2. The monoisotopic (exact) mass is 343 g/mol. The molecule has 0 atom stereocenters. The predicted molar refractivity (Wildman–Crippen MR) is 92.3 cm³/mol. The van der Waals surface area contributed by atoms with Crippen molar-refractivity contribution in [3.05, 3.63) is 46.9 Å². The smallest absolute Gasteiger partial charge is 0.142 e. The number of hydrogen-bond donors (Lipinski definition) is 1. The molecule has 0 bridgehead atoms. The zero-order chi connectivity index (χ0) is 15.2. The van der Waals surface area contributed by atoms with Crippen LogP contribution in [-0.4, -0.2) is 9.55 Å². The second-order valence-electron chi connectivity index (χ2n) is 6.17. The van der Waals surface area contributed by atoms with E-state index < -0.39 is 0 Å². The summed E-state index contributed by atoms with van der Waals surface area (Å²) in [5.74, 6) is 0.933. The van der Waals surface area contributed by atoms with E-state index in [9.17, 15) is 0 Å². The average molecular weight is 344 g/mol. The first-order chi connectivity index (χ1) is 9.88. The van der Waals surface area contributed by atoms with Gasteiger partial charge in [-0.25, -0.2) is 4.98 Å². The first kappa shape index (κ1) is 14.1. The van der Waals surface area contributed by atoms with Crippen molar-refractivity contribution in [2.75, 3.05) is 5.73 Å². The highest BCUT2D eigenvalue weighted by Gasteiger charge is 2.23. The molecule has 0 aliphatic rings. The Morgan fingerprint density at radius 1 is 1.10 bits per heavy atom. The summed E-state index contributed by atoms with van der Waals surface area (Å²) < 4.78 is 3.26. The van der Waals surface area contributed by atoms with Gasteiger partial charge in [-0.15, -0.1) is 0 Å². The van der Waals surface area contributed by atoms with Gasteiger partial charge in [0, 0.05) is 21.3 Å². The number of fused-ring (bicyclic) bond motifs is 1. The first-order valence-corrected chi connectivity index (χ1v) is 7.70. The van der Waals surface area contributed by atoms with Gasteiger partial charge < -0.3 is 10.3 Å². The van der Waals surface area contributed by atoms with E-state index >= 15 is 0 Å². The Labute approximate surface area is 132 Å². The molecule has 0 unspecified atom stereocenters. The molecule has 21 heavy (non-hydrogen) atoms. The Balaban J connectivity index is 2.39. The Bertz CT molecular complexity index is 813. The normalized spacial score (nSPS) is 12.0. The van der Waals surface area contributed by atoms with E-state index in [1.165, 1.54) is 0 Å². The van der Waals surface area contributed by atoms with Crippen LogP contribution in [0.1, 0.15) is 20.8 Å². The minimum atomic E-state index is -0.0739. The Kier molecular flexibility index (Phi) is 3.29. The number of anilines is 1. The fourth-order valence-corrected chi connectivity index (χ4v) is 3.02. The quantitative estimate of drug-likeness (QED) is 0.644. The van der Waals surface area contributed by atoms with Crippen molar-refractivity contribution in [1.82, 2.24) is 9.55 Å². The summed E-state index contributed by atoms with van der Waals surface area (Å²) in [7, 11) is 0. The topological polar surface area (TPSA) is 43.8 Å². The highest BCUT2D eigenvalue weighted by Crippen LogP contribution is 2.35. The maximum Gasteiger partial charge on any atom is 0.142 e. The minimum absolute atomic E-state index is 0.0739. The Morgan fingerprint density at radius 3 is 2.52 bits per heavy atom. The summed E-state index contributed by atoms with van der Waals surface area (Å²) >= 11 is 3.62. The summed E-state index contributed by atoms with van der Waals surface area (Å²) in [4.78, 5) is 4.83. The van der Waals surface area contributed by atoms with Crippen LogP contribution in [0.3, 0.4) is 0 Å². The summed E-state index contributed by atoms with van der Waals surface area (Å²) in [6.45, 7) is 6.56. The minimum Gasteiger partial charge on any atom is -0.399 e. The van der Waals surface area contributed by atoms with Gasteiger partial charge in [0.1, 0.15) is 5.82 Å². The fraction of sp³-hybridized carbons (Fsp3) is 0.235. The van der Waals surface area contributed by atoms with E-state index in [1.54, 1.807) is 0 Å². The van der Waals surface area contributed by atoms with Crippen LogP contribution in [0.5, 0.6) is 0 Å². The summed E-state index contributed by atoms with van der Waals surface area (Å²) in [5.41, 5.74) is 9.77. The molecule has 2 aromatic carbocycles. The number of nitrogens with two attached hydrogens (primary N) is 1. The Morgan fingerprint density at radius 2 is 1.81 bits per heavy atom. The second kappa shape index (κ2) is 4.88. The van der Waals surface area contributed by atoms with E-state index in [0.717, 1.165) is 32.6 Å². The lowest BCUT2D eigenvalue weighted by molar-refractivity contribution is 0.413. The largest absolute Gasteiger partial charge is 0.399 e. The molecule has 0 fully saturated rings. The maximum absolute atomic E-state index is 5.96. The number of nitrogen functional groups attached to an aromatic ring is 1. The molecular formula is C17H18BrN3. The van der Waals surface area contributed by atoms with Gasteiger partial charge >= 0.3 is 0 Å². The number of rotatable bonds is 1. The molecule has 0 aliphatic carbocycles. The van der Waals surface area contributed by atoms with Gasteiger partial charge in [-0.3, -0.25) is 0 Å². The van der Waals surface area contributed by atoms with Crippen molar-refractivity contribution in [3.8, 4) is 11.4 Å². The molecule has 108 valence electrons. The van der Waals surface area contributed by atoms with E-state index in [-0.39, 0.29) is 5.54 Å². The van der Waals surface area contributed by atoms with Crippen molar-refractivity contribution in [1.29, 1.82) is 0 Å². The van der Waals surface area contributed by atoms with Crippen LogP contribution in [0.2, 0.25) is 0 Å². The maximum atomic E-state index is 5.96. The fourth-order valence-electron chi connectivity index (χ4n) is 2.60. The molecule has 1 heterocycles. The van der Waals surface area contributed by atoms with Gasteiger partial charge in [-0.05, 0) is 51.1 Å². The molecule has 2 N–H and O–H groups in total. The van der Waals surface area contributed by atoms with Crippen molar-refractivity contribution < 1.29 is 0 Å². The van der Waals surface area contributed by atoms with E-state index in [2.05, 4.69) is 47.3 Å². The van der Waals surface area contributed by atoms with Crippen LogP contribution < -0.4 is 5.73 Å². The van der Waals surface area contributed by atoms with Crippen LogP contribution in [0.15, 0.2) is 46.9 Å². The van der Waals surface area contributed by atoms with Crippen molar-refractivity contribution in [2.45, 2.75) is 26.3 Å². The van der Waals surface area contributed by atoms with Gasteiger partial charge in [0.25, 0.3) is 0 Å². The molecule has 4 heteroatoms. The highest BCUT2D eigenvalue weighted by atomic mass is 79.9. The molecule has 0 aliphatic heterocycles. The number of imidazole rings is 1. The van der Waals surface area contributed by atoms with Crippen LogP contribution in [0.25, 0.3) is 22.4 Å². The average Bonchev–Trinajstić information content (AvgIpc) is 2.80. The third kappa shape index (κ3) is 2.44. The van der Waals surface area contributed by atoms with Crippen LogP contribution in [0, 0.1) is 0 Å². The molecule has 0 saturated heterocycles. The number of hydrogen-bond acceptors (Lipinski definition) is 2. The number of para-hydroxylation sites is 2. The van der Waals surface area contributed by atoms with Crippen LogP contribution in [0.4, 0.5) is 5.69 Å². The van der Waals surface area contributed by atoms with Gasteiger partial charge in [-0.1, -0.05) is 28.1 Å². The summed E-state index contributed by atoms with van der Waals surface area (Å²) in [6.07, 6.45) is 0. The van der Waals surface area contributed by atoms with E-state index in [1.807, 2.05) is 36.4 Å². The van der Waals surface area contributed by atoms with Gasteiger partial charge in [0.2, 0.25) is 0 Å². The third-order valence-corrected chi connectivity index (χ3v) is 4.15. The number of halogens is 1. The SMILES string of the molecule is CC(C)(C)n1c(-c2cc(N)ccc2Br)nc2ccccc21. The number of benzene rings is 2. The molecular weight excluding hydrogens is 326 g/mol. The van der Waals surface area contributed by atoms with Gasteiger partial charge in [0.05, 0.1) is 11.0 Å². The predicted octanol–water partition coefficient (Wildman–Crippen LogP) is 4.80. The lowest BCUT2D eigenvalue weighted by atomic mass is 10.1. The summed E-state index contributed by atoms with van der Waals surface area (Å²) in [6, 6.07) is 14.0. The zero-order valence-electron chi connectivity index (χ0n) is 12.4. The van der Waals surface area contributed by atoms with Crippen molar-refractivity contribution in [3.63, 3.8) is 0 Å². The molecule has 0 radical (unpaired) electrons. The molecule has 1 aromatic heterocycles.